The Labute approximate surface area is 175 Å². The van der Waals surface area contributed by atoms with Crippen LogP contribution < -0.4 is 5.32 Å². The first-order valence-electron chi connectivity index (χ1n) is 9.76. The first-order chi connectivity index (χ1) is 14.0. The molecule has 0 radical (unpaired) electrons. The Kier molecular flexibility index (Phi) is 5.74. The van der Waals surface area contributed by atoms with E-state index >= 15 is 0 Å². The highest BCUT2D eigenvalue weighted by atomic mass is 35.5. The molecule has 4 rings (SSSR count). The second kappa shape index (κ2) is 8.43. The SMILES string of the molecule is CN1CCN(C(=O)Cc2ccc(NC(=O)OCc3ccc(Cl)cc3)cc2)C2CC21. The van der Waals surface area contributed by atoms with Crippen LogP contribution in [0.4, 0.5) is 10.5 Å². The van der Waals surface area contributed by atoms with Crippen LogP contribution in [0.2, 0.25) is 5.02 Å². The number of hydrogen-bond donors (Lipinski definition) is 1. The largest absolute Gasteiger partial charge is 0.444 e. The third-order valence-electron chi connectivity index (χ3n) is 5.54. The van der Waals surface area contributed by atoms with Gasteiger partial charge in [-0.2, -0.15) is 0 Å². The Morgan fingerprint density at radius 3 is 2.45 bits per heavy atom. The molecule has 0 spiro atoms. The standard InChI is InChI=1S/C22H24ClN3O3/c1-25-10-11-26(20-13-19(20)25)21(27)12-15-4-8-18(9-5-15)24-22(28)29-14-16-2-6-17(23)7-3-16/h2-9,19-20H,10-14H2,1H3,(H,24,28). The van der Waals surface area contributed by atoms with Gasteiger partial charge in [0.1, 0.15) is 6.61 Å². The molecule has 1 aliphatic heterocycles. The quantitative estimate of drug-likeness (QED) is 0.814. The molecule has 0 aromatic heterocycles. The van der Waals surface area contributed by atoms with E-state index < -0.39 is 6.09 Å². The van der Waals surface area contributed by atoms with Crippen LogP contribution in [0.25, 0.3) is 0 Å². The number of carbonyl (C=O) groups is 2. The minimum absolute atomic E-state index is 0.169. The van der Waals surface area contributed by atoms with Gasteiger partial charge >= 0.3 is 6.09 Å². The maximum atomic E-state index is 12.6. The zero-order chi connectivity index (χ0) is 20.4. The molecule has 6 nitrogen and oxygen atoms in total. The van der Waals surface area contributed by atoms with Crippen molar-refractivity contribution in [2.24, 2.45) is 0 Å². The van der Waals surface area contributed by atoms with Crippen molar-refractivity contribution in [3.63, 3.8) is 0 Å². The topological polar surface area (TPSA) is 61.9 Å². The maximum absolute atomic E-state index is 12.6. The summed E-state index contributed by atoms with van der Waals surface area (Å²) in [7, 11) is 2.12. The summed E-state index contributed by atoms with van der Waals surface area (Å²) >= 11 is 5.84. The summed E-state index contributed by atoms with van der Waals surface area (Å²) in [6.45, 7) is 1.91. The highest BCUT2D eigenvalue weighted by Gasteiger charge is 2.48. The number of benzene rings is 2. The van der Waals surface area contributed by atoms with Gasteiger partial charge in [-0.15, -0.1) is 0 Å². The molecular weight excluding hydrogens is 390 g/mol. The number of hydrogen-bond acceptors (Lipinski definition) is 4. The van der Waals surface area contributed by atoms with Crippen LogP contribution in [-0.4, -0.2) is 54.0 Å². The van der Waals surface area contributed by atoms with E-state index in [2.05, 4.69) is 17.3 Å². The van der Waals surface area contributed by atoms with Crippen LogP contribution in [0.15, 0.2) is 48.5 Å². The van der Waals surface area contributed by atoms with Crippen molar-refractivity contribution < 1.29 is 14.3 Å². The molecule has 0 bridgehead atoms. The number of fused-ring (bicyclic) bond motifs is 1. The molecule has 2 atom stereocenters. The number of halogens is 1. The summed E-state index contributed by atoms with van der Waals surface area (Å²) in [5.74, 6) is 0.175. The molecule has 7 heteroatoms. The van der Waals surface area contributed by atoms with Crippen LogP contribution >= 0.6 is 11.6 Å². The average molecular weight is 414 g/mol. The second-order valence-corrected chi connectivity index (χ2v) is 8.08. The van der Waals surface area contributed by atoms with Crippen molar-refractivity contribution in [1.82, 2.24) is 9.80 Å². The van der Waals surface area contributed by atoms with Crippen LogP contribution in [0.5, 0.6) is 0 Å². The zero-order valence-corrected chi connectivity index (χ0v) is 17.1. The molecule has 1 heterocycles. The monoisotopic (exact) mass is 413 g/mol. The predicted octanol–water partition coefficient (Wildman–Crippen LogP) is 3.55. The minimum atomic E-state index is -0.527. The van der Waals surface area contributed by atoms with E-state index in [1.54, 1.807) is 24.3 Å². The van der Waals surface area contributed by atoms with Crippen molar-refractivity contribution >= 4 is 29.3 Å². The third kappa shape index (κ3) is 4.89. The molecule has 2 unspecified atom stereocenters. The Bertz CT molecular complexity index is 885. The molecule has 1 saturated carbocycles. The van der Waals surface area contributed by atoms with Crippen molar-refractivity contribution in [3.8, 4) is 0 Å². The van der Waals surface area contributed by atoms with Gasteiger partial charge in [0.05, 0.1) is 6.42 Å². The van der Waals surface area contributed by atoms with Gasteiger partial charge in [-0.3, -0.25) is 15.0 Å². The Hall–Kier alpha value is -2.57. The summed E-state index contributed by atoms with van der Waals surface area (Å²) in [5, 5.41) is 3.34. The first-order valence-corrected chi connectivity index (χ1v) is 10.1. The summed E-state index contributed by atoms with van der Waals surface area (Å²) in [6.07, 6.45) is 0.943. The van der Waals surface area contributed by atoms with E-state index in [1.165, 1.54) is 0 Å². The number of anilines is 1. The van der Waals surface area contributed by atoms with Gasteiger partial charge in [-0.1, -0.05) is 35.9 Å². The normalized spacial score (nSPS) is 20.7. The van der Waals surface area contributed by atoms with Crippen molar-refractivity contribution in [2.75, 3.05) is 25.5 Å². The van der Waals surface area contributed by atoms with Gasteiger partial charge in [-0.05, 0) is 48.9 Å². The van der Waals surface area contributed by atoms with E-state index in [0.29, 0.717) is 29.2 Å². The lowest BCUT2D eigenvalue weighted by atomic mass is 10.1. The van der Waals surface area contributed by atoms with Gasteiger partial charge in [0.2, 0.25) is 5.91 Å². The predicted molar refractivity (Wildman–Crippen MR) is 112 cm³/mol. The lowest BCUT2D eigenvalue weighted by Crippen LogP contribution is -2.47. The molecule has 2 amide bonds. The Balaban J connectivity index is 1.25. The molecule has 2 aromatic rings. The molecular formula is C22H24ClN3O3. The van der Waals surface area contributed by atoms with E-state index in [1.807, 2.05) is 29.2 Å². The Morgan fingerprint density at radius 2 is 1.72 bits per heavy atom. The number of nitrogens with one attached hydrogen (secondary N) is 1. The Morgan fingerprint density at radius 1 is 1.03 bits per heavy atom. The smallest absolute Gasteiger partial charge is 0.411 e. The fraction of sp³-hybridized carbons (Fsp3) is 0.364. The summed E-state index contributed by atoms with van der Waals surface area (Å²) in [4.78, 5) is 28.9. The summed E-state index contributed by atoms with van der Waals surface area (Å²) in [6, 6.07) is 15.4. The molecule has 29 heavy (non-hydrogen) atoms. The van der Waals surface area contributed by atoms with Gasteiger partial charge < -0.3 is 9.64 Å². The zero-order valence-electron chi connectivity index (χ0n) is 16.3. The van der Waals surface area contributed by atoms with Crippen molar-refractivity contribution in [3.05, 3.63) is 64.7 Å². The highest BCUT2D eigenvalue weighted by Crippen LogP contribution is 2.35. The molecule has 2 aliphatic rings. The van der Waals surface area contributed by atoms with Crippen LogP contribution in [0.1, 0.15) is 17.5 Å². The lowest BCUT2D eigenvalue weighted by molar-refractivity contribution is -0.132. The van der Waals surface area contributed by atoms with Crippen LogP contribution in [-0.2, 0) is 22.6 Å². The maximum Gasteiger partial charge on any atom is 0.411 e. The number of likely N-dealkylation sites (N-methyl/N-ethyl adjacent to an activating group) is 1. The number of ether oxygens (including phenoxy) is 1. The summed E-state index contributed by atoms with van der Waals surface area (Å²) in [5.41, 5.74) is 2.43. The number of carbonyl (C=O) groups excluding carboxylic acids is 2. The number of piperazine rings is 1. The number of amides is 2. The second-order valence-electron chi connectivity index (χ2n) is 7.64. The molecule has 2 aromatic carbocycles. The number of nitrogens with zero attached hydrogens (tertiary/aromatic N) is 2. The molecule has 1 aliphatic carbocycles. The van der Waals surface area contributed by atoms with Crippen molar-refractivity contribution in [2.45, 2.75) is 31.5 Å². The third-order valence-corrected chi connectivity index (χ3v) is 5.80. The van der Waals surface area contributed by atoms with Gasteiger partial charge in [0.15, 0.2) is 0 Å². The van der Waals surface area contributed by atoms with Gasteiger partial charge in [-0.25, -0.2) is 4.79 Å². The van der Waals surface area contributed by atoms with Crippen LogP contribution in [0, 0.1) is 0 Å². The van der Waals surface area contributed by atoms with E-state index in [-0.39, 0.29) is 12.5 Å². The fourth-order valence-electron chi connectivity index (χ4n) is 3.75. The molecule has 1 N–H and O–H groups in total. The highest BCUT2D eigenvalue weighted by molar-refractivity contribution is 6.30. The van der Waals surface area contributed by atoms with E-state index in [0.717, 1.165) is 30.6 Å². The molecule has 2 fully saturated rings. The lowest BCUT2D eigenvalue weighted by Gasteiger charge is -2.32. The van der Waals surface area contributed by atoms with Gasteiger partial charge in [0.25, 0.3) is 0 Å². The minimum Gasteiger partial charge on any atom is -0.444 e. The van der Waals surface area contributed by atoms with Crippen molar-refractivity contribution in [1.29, 1.82) is 0 Å². The van der Waals surface area contributed by atoms with Gasteiger partial charge in [0, 0.05) is 35.9 Å². The number of rotatable bonds is 5. The average Bonchev–Trinajstić information content (AvgIpc) is 3.51. The molecule has 1 saturated heterocycles. The van der Waals surface area contributed by atoms with E-state index in [4.69, 9.17) is 16.3 Å². The molecule has 152 valence electrons. The summed E-state index contributed by atoms with van der Waals surface area (Å²) < 4.78 is 5.21. The van der Waals surface area contributed by atoms with Crippen LogP contribution in [0.3, 0.4) is 0 Å². The fourth-order valence-corrected chi connectivity index (χ4v) is 3.88. The first kappa shape index (κ1) is 19.7. The van der Waals surface area contributed by atoms with E-state index in [9.17, 15) is 9.59 Å².